The van der Waals surface area contributed by atoms with Crippen LogP contribution in [0.25, 0.3) is 17.4 Å². The number of thiocarbonyl (C=S) groups is 1. The van der Waals surface area contributed by atoms with Crippen molar-refractivity contribution in [3.8, 4) is 11.3 Å². The Hall–Kier alpha value is -3.26. The summed E-state index contributed by atoms with van der Waals surface area (Å²) < 4.78 is 11.1. The Morgan fingerprint density at radius 2 is 1.75 bits per heavy atom. The van der Waals surface area contributed by atoms with Gasteiger partial charge in [-0.3, -0.25) is 15.0 Å². The SMILES string of the molecule is O=C(/C=C/c1ccc(-c2ccccc2)o1)NC(=S)Nc1ccc(CN2CCOCC2)cc1. The summed E-state index contributed by atoms with van der Waals surface area (Å²) in [6.07, 6.45) is 3.01. The Morgan fingerprint density at radius 3 is 2.50 bits per heavy atom. The van der Waals surface area contributed by atoms with Crippen LogP contribution in [0.2, 0.25) is 0 Å². The number of furan rings is 1. The van der Waals surface area contributed by atoms with E-state index in [9.17, 15) is 4.79 Å². The molecule has 6 nitrogen and oxygen atoms in total. The van der Waals surface area contributed by atoms with Crippen LogP contribution in [0.3, 0.4) is 0 Å². The average molecular weight is 448 g/mol. The van der Waals surface area contributed by atoms with Crippen molar-refractivity contribution < 1.29 is 13.9 Å². The Kier molecular flexibility index (Phi) is 7.45. The van der Waals surface area contributed by atoms with Crippen molar-refractivity contribution in [2.75, 3.05) is 31.6 Å². The van der Waals surface area contributed by atoms with E-state index in [1.807, 2.05) is 54.6 Å². The van der Waals surface area contributed by atoms with Crippen LogP contribution in [0, 0.1) is 0 Å². The number of hydrogen-bond acceptors (Lipinski definition) is 5. The van der Waals surface area contributed by atoms with Gasteiger partial charge >= 0.3 is 0 Å². The number of carbonyl (C=O) groups is 1. The van der Waals surface area contributed by atoms with Crippen LogP contribution >= 0.6 is 12.2 Å². The van der Waals surface area contributed by atoms with Gasteiger partial charge < -0.3 is 14.5 Å². The Labute approximate surface area is 192 Å². The summed E-state index contributed by atoms with van der Waals surface area (Å²) in [5.41, 5.74) is 3.03. The Bertz CT molecular complexity index is 1070. The second kappa shape index (κ2) is 10.9. The molecule has 0 saturated carbocycles. The van der Waals surface area contributed by atoms with Crippen LogP contribution in [0.1, 0.15) is 11.3 Å². The Balaban J connectivity index is 1.25. The van der Waals surface area contributed by atoms with E-state index in [-0.39, 0.29) is 11.0 Å². The van der Waals surface area contributed by atoms with Crippen molar-refractivity contribution in [1.29, 1.82) is 0 Å². The summed E-state index contributed by atoms with van der Waals surface area (Å²) >= 11 is 5.25. The number of nitrogens with zero attached hydrogens (tertiary/aromatic N) is 1. The molecule has 1 aliphatic rings. The fourth-order valence-corrected chi connectivity index (χ4v) is 3.60. The first-order valence-electron chi connectivity index (χ1n) is 10.5. The van der Waals surface area contributed by atoms with Gasteiger partial charge in [-0.25, -0.2) is 0 Å². The molecule has 1 aliphatic heterocycles. The summed E-state index contributed by atoms with van der Waals surface area (Å²) in [5.74, 6) is 1.01. The lowest BCUT2D eigenvalue weighted by Gasteiger charge is -2.26. The zero-order valence-corrected chi connectivity index (χ0v) is 18.4. The predicted octanol–water partition coefficient (Wildman–Crippen LogP) is 4.31. The average Bonchev–Trinajstić information content (AvgIpc) is 3.29. The third-order valence-corrected chi connectivity index (χ3v) is 5.25. The smallest absolute Gasteiger partial charge is 0.250 e. The van der Waals surface area contributed by atoms with Crippen LogP contribution in [0.4, 0.5) is 5.69 Å². The highest BCUT2D eigenvalue weighted by atomic mass is 32.1. The van der Waals surface area contributed by atoms with Crippen molar-refractivity contribution in [2.45, 2.75) is 6.54 Å². The maximum atomic E-state index is 12.2. The van der Waals surface area contributed by atoms with Gasteiger partial charge in [0, 0.05) is 37.0 Å². The van der Waals surface area contributed by atoms with Gasteiger partial charge in [0.1, 0.15) is 11.5 Å². The molecule has 2 aromatic carbocycles. The number of benzene rings is 2. The molecule has 1 fully saturated rings. The van der Waals surface area contributed by atoms with Crippen LogP contribution in [0.5, 0.6) is 0 Å². The molecule has 2 heterocycles. The first-order valence-corrected chi connectivity index (χ1v) is 10.9. The lowest BCUT2D eigenvalue weighted by molar-refractivity contribution is -0.115. The molecule has 1 amide bonds. The Morgan fingerprint density at radius 1 is 1.00 bits per heavy atom. The van der Waals surface area contributed by atoms with Crippen LogP contribution in [-0.2, 0) is 16.1 Å². The normalized spacial score (nSPS) is 14.4. The van der Waals surface area contributed by atoms with Gasteiger partial charge in [-0.15, -0.1) is 0 Å². The van der Waals surface area contributed by atoms with E-state index in [4.69, 9.17) is 21.4 Å². The van der Waals surface area contributed by atoms with Crippen molar-refractivity contribution in [3.63, 3.8) is 0 Å². The predicted molar refractivity (Wildman–Crippen MR) is 130 cm³/mol. The molecule has 1 aromatic heterocycles. The number of hydrogen-bond donors (Lipinski definition) is 2. The molecule has 0 atom stereocenters. The molecule has 32 heavy (non-hydrogen) atoms. The van der Waals surface area contributed by atoms with E-state index >= 15 is 0 Å². The molecule has 3 aromatic rings. The summed E-state index contributed by atoms with van der Waals surface area (Å²) in [6.45, 7) is 4.38. The second-order valence-electron chi connectivity index (χ2n) is 7.43. The molecule has 0 aliphatic carbocycles. The number of carbonyl (C=O) groups excluding carboxylic acids is 1. The molecule has 0 radical (unpaired) electrons. The minimum Gasteiger partial charge on any atom is -0.457 e. The quantitative estimate of drug-likeness (QED) is 0.434. The third kappa shape index (κ3) is 6.37. The number of anilines is 1. The number of nitrogens with one attached hydrogen (secondary N) is 2. The van der Waals surface area contributed by atoms with E-state index in [1.54, 1.807) is 6.08 Å². The number of rotatable bonds is 6. The zero-order chi connectivity index (χ0) is 22.2. The van der Waals surface area contributed by atoms with Gasteiger partial charge in [0.05, 0.1) is 13.2 Å². The van der Waals surface area contributed by atoms with Gasteiger partial charge in [0.15, 0.2) is 5.11 Å². The highest BCUT2D eigenvalue weighted by Gasteiger charge is 2.10. The minimum absolute atomic E-state index is 0.241. The lowest BCUT2D eigenvalue weighted by Crippen LogP contribution is -2.35. The van der Waals surface area contributed by atoms with Crippen LogP contribution in [0.15, 0.2) is 77.2 Å². The third-order valence-electron chi connectivity index (χ3n) is 5.04. The molecule has 0 bridgehead atoms. The number of ether oxygens (including phenoxy) is 1. The molecule has 4 rings (SSSR count). The molecular formula is C25H25N3O3S. The fourth-order valence-electron chi connectivity index (χ4n) is 3.38. The maximum Gasteiger partial charge on any atom is 0.250 e. The topological polar surface area (TPSA) is 66.7 Å². The van der Waals surface area contributed by atoms with Gasteiger partial charge in [-0.2, -0.15) is 0 Å². The van der Waals surface area contributed by atoms with E-state index in [0.717, 1.165) is 49.9 Å². The van der Waals surface area contributed by atoms with Gasteiger partial charge in [0.2, 0.25) is 5.91 Å². The molecule has 2 N–H and O–H groups in total. The van der Waals surface area contributed by atoms with Gasteiger partial charge in [-0.05, 0) is 48.1 Å². The van der Waals surface area contributed by atoms with Crippen molar-refractivity contribution in [3.05, 3.63) is 84.1 Å². The standard InChI is InChI=1S/C25H25N3O3S/c29-24(13-11-22-10-12-23(31-22)20-4-2-1-3-5-20)27-25(32)26-21-8-6-19(7-9-21)18-28-14-16-30-17-15-28/h1-13H,14-18H2,(H2,26,27,29,32)/b13-11+. The molecule has 164 valence electrons. The lowest BCUT2D eigenvalue weighted by atomic mass is 10.2. The first-order chi connectivity index (χ1) is 15.7. The molecule has 0 spiro atoms. The highest BCUT2D eigenvalue weighted by Crippen LogP contribution is 2.22. The van der Waals surface area contributed by atoms with E-state index in [2.05, 4.69) is 27.7 Å². The van der Waals surface area contributed by atoms with Crippen molar-refractivity contribution >= 4 is 35.0 Å². The van der Waals surface area contributed by atoms with E-state index in [0.29, 0.717) is 5.76 Å². The van der Waals surface area contributed by atoms with Crippen LogP contribution in [-0.4, -0.2) is 42.2 Å². The fraction of sp³-hybridized carbons (Fsp3) is 0.200. The van der Waals surface area contributed by atoms with E-state index < -0.39 is 0 Å². The van der Waals surface area contributed by atoms with Crippen LogP contribution < -0.4 is 10.6 Å². The molecular weight excluding hydrogens is 422 g/mol. The summed E-state index contributed by atoms with van der Waals surface area (Å²) in [7, 11) is 0. The summed E-state index contributed by atoms with van der Waals surface area (Å²) in [4.78, 5) is 14.6. The number of amides is 1. The zero-order valence-electron chi connectivity index (χ0n) is 17.6. The summed E-state index contributed by atoms with van der Waals surface area (Å²) in [5, 5.41) is 5.93. The largest absolute Gasteiger partial charge is 0.457 e. The monoisotopic (exact) mass is 447 g/mol. The highest BCUT2D eigenvalue weighted by molar-refractivity contribution is 7.80. The van der Waals surface area contributed by atoms with Gasteiger partial charge in [-0.1, -0.05) is 42.5 Å². The summed E-state index contributed by atoms with van der Waals surface area (Å²) in [6, 6.07) is 21.5. The second-order valence-corrected chi connectivity index (χ2v) is 7.84. The molecule has 0 unspecified atom stereocenters. The van der Waals surface area contributed by atoms with Crippen molar-refractivity contribution in [2.24, 2.45) is 0 Å². The van der Waals surface area contributed by atoms with E-state index in [1.165, 1.54) is 11.6 Å². The first kappa shape index (κ1) is 22.0. The number of morpholine rings is 1. The maximum absolute atomic E-state index is 12.2. The minimum atomic E-state index is -0.330. The molecule has 1 saturated heterocycles. The molecule has 7 heteroatoms. The van der Waals surface area contributed by atoms with Crippen molar-refractivity contribution in [1.82, 2.24) is 10.2 Å². The van der Waals surface area contributed by atoms with Gasteiger partial charge in [0.25, 0.3) is 0 Å².